The third-order valence-corrected chi connectivity index (χ3v) is 6.63. The molecule has 0 aromatic carbocycles. The van der Waals surface area contributed by atoms with Gasteiger partial charge in [-0.15, -0.1) is 0 Å². The highest BCUT2D eigenvalue weighted by molar-refractivity contribution is 5.91. The van der Waals surface area contributed by atoms with Crippen molar-refractivity contribution < 1.29 is 14.3 Å². The van der Waals surface area contributed by atoms with E-state index in [0.717, 1.165) is 32.0 Å². The van der Waals surface area contributed by atoms with Crippen molar-refractivity contribution in [3.8, 4) is 0 Å². The van der Waals surface area contributed by atoms with E-state index in [0.29, 0.717) is 44.8 Å². The van der Waals surface area contributed by atoms with Gasteiger partial charge in [0.05, 0.1) is 38.0 Å². The Hall–Kier alpha value is -1.97. The maximum absolute atomic E-state index is 12.7. The summed E-state index contributed by atoms with van der Waals surface area (Å²) >= 11 is 0. The Morgan fingerprint density at radius 2 is 1.83 bits per heavy atom. The molecule has 2 saturated heterocycles. The summed E-state index contributed by atoms with van der Waals surface area (Å²) in [4.78, 5) is 31.6. The van der Waals surface area contributed by atoms with Crippen LogP contribution in [0.4, 0.5) is 5.82 Å². The highest BCUT2D eigenvalue weighted by Crippen LogP contribution is 2.40. The van der Waals surface area contributed by atoms with Gasteiger partial charge < -0.3 is 15.0 Å². The van der Waals surface area contributed by atoms with Crippen LogP contribution < -0.4 is 5.32 Å². The SMILES string of the molecule is CC(C(=O)N1CCOCC1)N1CCN(CC(=O)Nc2ccnn2C(C)C2CC2)CC1. The van der Waals surface area contributed by atoms with Crippen LogP contribution in [0.2, 0.25) is 0 Å². The van der Waals surface area contributed by atoms with Gasteiger partial charge in [-0.05, 0) is 32.6 Å². The van der Waals surface area contributed by atoms with Crippen LogP contribution in [-0.4, -0.2) is 101 Å². The molecular weight excluding hydrogens is 384 g/mol. The average Bonchev–Trinajstić information content (AvgIpc) is 3.52. The molecule has 0 spiro atoms. The number of carbonyl (C=O) groups is 2. The molecule has 3 aliphatic rings. The van der Waals surface area contributed by atoms with Gasteiger partial charge in [-0.25, -0.2) is 4.68 Å². The van der Waals surface area contributed by atoms with Crippen molar-refractivity contribution >= 4 is 17.6 Å². The molecule has 4 rings (SSSR count). The Morgan fingerprint density at radius 1 is 1.13 bits per heavy atom. The Bertz CT molecular complexity index is 735. The number of aromatic nitrogens is 2. The standard InChI is InChI=1S/C21H34N6O3/c1-16(18-3-4-18)27-19(5-6-22-27)23-20(28)15-24-7-9-25(10-8-24)17(2)21(29)26-11-13-30-14-12-26/h5-6,16-18H,3-4,7-15H2,1-2H3,(H,23,28). The van der Waals surface area contributed by atoms with E-state index < -0.39 is 0 Å². The molecule has 3 fully saturated rings. The number of anilines is 1. The van der Waals surface area contributed by atoms with E-state index in [-0.39, 0.29) is 17.9 Å². The Kier molecular flexibility index (Phi) is 6.70. The lowest BCUT2D eigenvalue weighted by molar-refractivity contribution is -0.141. The summed E-state index contributed by atoms with van der Waals surface area (Å²) in [6, 6.07) is 2.06. The molecule has 1 aliphatic carbocycles. The first-order chi connectivity index (χ1) is 14.5. The van der Waals surface area contributed by atoms with Crippen LogP contribution in [0, 0.1) is 5.92 Å². The number of piperazine rings is 1. The van der Waals surface area contributed by atoms with Gasteiger partial charge in [-0.2, -0.15) is 5.10 Å². The summed E-state index contributed by atoms with van der Waals surface area (Å²) in [6.07, 6.45) is 4.23. The molecule has 2 unspecified atom stereocenters. The van der Waals surface area contributed by atoms with Gasteiger partial charge in [0, 0.05) is 45.3 Å². The Morgan fingerprint density at radius 3 is 2.50 bits per heavy atom. The molecule has 9 heteroatoms. The molecule has 1 aromatic heterocycles. The number of carbonyl (C=O) groups excluding carboxylic acids is 2. The fourth-order valence-corrected chi connectivity index (χ4v) is 4.41. The second-order valence-corrected chi connectivity index (χ2v) is 8.71. The molecule has 1 aromatic rings. The van der Waals surface area contributed by atoms with Gasteiger partial charge in [0.2, 0.25) is 11.8 Å². The number of nitrogens with zero attached hydrogens (tertiary/aromatic N) is 5. The molecule has 0 radical (unpaired) electrons. The first kappa shape index (κ1) is 21.3. The summed E-state index contributed by atoms with van der Waals surface area (Å²) in [5.74, 6) is 1.63. The number of hydrogen-bond acceptors (Lipinski definition) is 6. The topological polar surface area (TPSA) is 82.9 Å². The minimum Gasteiger partial charge on any atom is -0.378 e. The van der Waals surface area contributed by atoms with E-state index in [9.17, 15) is 9.59 Å². The van der Waals surface area contributed by atoms with Crippen molar-refractivity contribution in [2.45, 2.75) is 38.8 Å². The van der Waals surface area contributed by atoms with E-state index in [4.69, 9.17) is 4.74 Å². The van der Waals surface area contributed by atoms with Crippen molar-refractivity contribution in [3.05, 3.63) is 12.3 Å². The molecule has 166 valence electrons. The molecule has 1 saturated carbocycles. The zero-order valence-corrected chi connectivity index (χ0v) is 18.1. The van der Waals surface area contributed by atoms with Crippen LogP contribution >= 0.6 is 0 Å². The van der Waals surface area contributed by atoms with Gasteiger partial charge >= 0.3 is 0 Å². The first-order valence-electron chi connectivity index (χ1n) is 11.2. The average molecular weight is 419 g/mol. The Balaban J connectivity index is 1.22. The molecule has 9 nitrogen and oxygen atoms in total. The molecule has 30 heavy (non-hydrogen) atoms. The van der Waals surface area contributed by atoms with Crippen molar-refractivity contribution in [2.24, 2.45) is 5.92 Å². The van der Waals surface area contributed by atoms with E-state index in [2.05, 4.69) is 27.1 Å². The summed E-state index contributed by atoms with van der Waals surface area (Å²) in [5.41, 5.74) is 0. The monoisotopic (exact) mass is 418 g/mol. The number of rotatable bonds is 7. The lowest BCUT2D eigenvalue weighted by Gasteiger charge is -2.39. The van der Waals surface area contributed by atoms with Gasteiger partial charge in [-0.1, -0.05) is 0 Å². The van der Waals surface area contributed by atoms with Crippen molar-refractivity contribution in [3.63, 3.8) is 0 Å². The maximum Gasteiger partial charge on any atom is 0.239 e. The maximum atomic E-state index is 12.7. The van der Waals surface area contributed by atoms with Gasteiger partial charge in [0.1, 0.15) is 5.82 Å². The fraction of sp³-hybridized carbons (Fsp3) is 0.762. The third-order valence-electron chi connectivity index (χ3n) is 6.63. The van der Waals surface area contributed by atoms with Crippen LogP contribution in [0.25, 0.3) is 0 Å². The zero-order chi connectivity index (χ0) is 21.1. The largest absolute Gasteiger partial charge is 0.378 e. The molecular formula is C21H34N6O3. The third kappa shape index (κ3) is 5.01. The van der Waals surface area contributed by atoms with E-state index >= 15 is 0 Å². The van der Waals surface area contributed by atoms with Crippen molar-refractivity contribution in [2.75, 3.05) is 64.3 Å². The van der Waals surface area contributed by atoms with E-state index in [1.807, 2.05) is 22.6 Å². The van der Waals surface area contributed by atoms with Crippen LogP contribution in [0.5, 0.6) is 0 Å². The normalized spacial score (nSPS) is 23.2. The lowest BCUT2D eigenvalue weighted by atomic mass is 10.2. The number of hydrogen-bond donors (Lipinski definition) is 1. The predicted octanol–water partition coefficient (Wildman–Crippen LogP) is 0.658. The van der Waals surface area contributed by atoms with Crippen LogP contribution in [-0.2, 0) is 14.3 Å². The molecule has 1 N–H and O–H groups in total. The summed E-state index contributed by atoms with van der Waals surface area (Å²) < 4.78 is 7.28. The lowest BCUT2D eigenvalue weighted by Crippen LogP contribution is -2.56. The zero-order valence-electron chi connectivity index (χ0n) is 18.1. The highest BCUT2D eigenvalue weighted by atomic mass is 16.5. The smallest absolute Gasteiger partial charge is 0.239 e. The number of nitrogens with one attached hydrogen (secondary N) is 1. The highest BCUT2D eigenvalue weighted by Gasteiger charge is 2.32. The van der Waals surface area contributed by atoms with E-state index in [1.54, 1.807) is 6.20 Å². The first-order valence-corrected chi connectivity index (χ1v) is 11.2. The second-order valence-electron chi connectivity index (χ2n) is 8.71. The quantitative estimate of drug-likeness (QED) is 0.700. The molecule has 2 atom stereocenters. The molecule has 2 amide bonds. The van der Waals surface area contributed by atoms with E-state index in [1.165, 1.54) is 12.8 Å². The number of morpholine rings is 1. The van der Waals surface area contributed by atoms with Gasteiger partial charge in [0.15, 0.2) is 0 Å². The molecule has 3 heterocycles. The number of amides is 2. The van der Waals surface area contributed by atoms with Gasteiger partial charge in [0.25, 0.3) is 0 Å². The second kappa shape index (κ2) is 9.45. The minimum absolute atomic E-state index is 0.00867. The summed E-state index contributed by atoms with van der Waals surface area (Å²) in [6.45, 7) is 10.3. The minimum atomic E-state index is -0.127. The number of ether oxygens (including phenoxy) is 1. The fourth-order valence-electron chi connectivity index (χ4n) is 4.41. The summed E-state index contributed by atoms with van der Waals surface area (Å²) in [5, 5.41) is 7.43. The molecule has 2 aliphatic heterocycles. The van der Waals surface area contributed by atoms with Crippen LogP contribution in [0.15, 0.2) is 12.3 Å². The molecule has 0 bridgehead atoms. The van der Waals surface area contributed by atoms with Crippen LogP contribution in [0.3, 0.4) is 0 Å². The van der Waals surface area contributed by atoms with Crippen molar-refractivity contribution in [1.29, 1.82) is 0 Å². The Labute approximate surface area is 178 Å². The predicted molar refractivity (Wildman–Crippen MR) is 113 cm³/mol. The summed E-state index contributed by atoms with van der Waals surface area (Å²) in [7, 11) is 0. The van der Waals surface area contributed by atoms with Crippen molar-refractivity contribution in [1.82, 2.24) is 24.5 Å². The van der Waals surface area contributed by atoms with Gasteiger partial charge in [-0.3, -0.25) is 19.4 Å². The van der Waals surface area contributed by atoms with Crippen LogP contribution in [0.1, 0.15) is 32.7 Å².